The van der Waals surface area contributed by atoms with E-state index in [-0.39, 0.29) is 6.09 Å². The van der Waals surface area contributed by atoms with E-state index >= 15 is 0 Å². The van der Waals surface area contributed by atoms with E-state index in [9.17, 15) is 4.79 Å². The van der Waals surface area contributed by atoms with Crippen molar-refractivity contribution < 1.29 is 19.0 Å². The molecule has 0 radical (unpaired) electrons. The molecule has 0 N–H and O–H groups in total. The molecule has 1 aliphatic rings. The van der Waals surface area contributed by atoms with Crippen molar-refractivity contribution in [2.75, 3.05) is 33.1 Å². The molecule has 1 saturated heterocycles. The maximum absolute atomic E-state index is 12.3. The smallest absolute Gasteiger partial charge is 0.410 e. The number of methoxy groups -OCH3 is 1. The van der Waals surface area contributed by atoms with Gasteiger partial charge in [-0.25, -0.2) is 4.79 Å². The highest BCUT2D eigenvalue weighted by atomic mass is 32.2. The molecule has 0 spiro atoms. The molecule has 174 valence electrons. The Hall–Kier alpha value is -2.25. The molecule has 1 amide bonds. The molecule has 2 heterocycles. The summed E-state index contributed by atoms with van der Waals surface area (Å²) < 4.78 is 17.1. The molecule has 2 aromatic rings. The molecule has 3 rings (SSSR count). The van der Waals surface area contributed by atoms with Crippen LogP contribution in [-0.2, 0) is 16.1 Å². The van der Waals surface area contributed by atoms with Crippen LogP contribution in [0.25, 0.3) is 11.3 Å². The maximum Gasteiger partial charge on any atom is 0.410 e. The van der Waals surface area contributed by atoms with Gasteiger partial charge in [0, 0.05) is 42.4 Å². The van der Waals surface area contributed by atoms with Crippen LogP contribution in [0.15, 0.2) is 41.4 Å². The number of nitrogens with zero attached hydrogens (tertiary/aromatic N) is 2. The number of rotatable bonds is 7. The molecule has 1 aromatic heterocycles. The summed E-state index contributed by atoms with van der Waals surface area (Å²) in [4.78, 5) is 19.8. The van der Waals surface area contributed by atoms with Crippen LogP contribution in [0.5, 0.6) is 5.75 Å². The van der Waals surface area contributed by atoms with Gasteiger partial charge in [-0.05, 0) is 76.1 Å². The van der Waals surface area contributed by atoms with Crippen molar-refractivity contribution >= 4 is 17.9 Å². The third-order valence-electron chi connectivity index (χ3n) is 5.37. The van der Waals surface area contributed by atoms with Crippen LogP contribution in [0.1, 0.15) is 39.2 Å². The second-order valence-electron chi connectivity index (χ2n) is 9.06. The van der Waals surface area contributed by atoms with Gasteiger partial charge in [0.2, 0.25) is 0 Å². The Morgan fingerprint density at radius 3 is 2.53 bits per heavy atom. The highest BCUT2D eigenvalue weighted by molar-refractivity contribution is 7.98. The number of pyridine rings is 1. The average molecular weight is 459 g/mol. The first kappa shape index (κ1) is 24.4. The van der Waals surface area contributed by atoms with Crippen LogP contribution in [0, 0.1) is 5.92 Å². The number of thioether (sulfide) groups is 1. The molecule has 0 aliphatic carbocycles. The molecule has 6 nitrogen and oxygen atoms in total. The highest BCUT2D eigenvalue weighted by Crippen LogP contribution is 2.29. The number of likely N-dealkylation sites (tertiary alicyclic amines) is 1. The van der Waals surface area contributed by atoms with Crippen LogP contribution in [0.3, 0.4) is 0 Å². The van der Waals surface area contributed by atoms with Crippen LogP contribution in [-0.4, -0.2) is 54.6 Å². The van der Waals surface area contributed by atoms with E-state index < -0.39 is 5.60 Å². The molecule has 0 atom stereocenters. The maximum atomic E-state index is 12.3. The van der Waals surface area contributed by atoms with Crippen molar-refractivity contribution in [3.63, 3.8) is 0 Å². The Labute approximate surface area is 195 Å². The molecule has 1 aromatic carbocycles. The summed E-state index contributed by atoms with van der Waals surface area (Å²) >= 11 is 1.68. The summed E-state index contributed by atoms with van der Waals surface area (Å²) in [6, 6.07) is 10.3. The topological polar surface area (TPSA) is 60.9 Å². The minimum atomic E-state index is -0.465. The molecule has 0 saturated carbocycles. The molecule has 1 aliphatic heterocycles. The average Bonchev–Trinajstić information content (AvgIpc) is 2.77. The van der Waals surface area contributed by atoms with Crippen molar-refractivity contribution in [3.05, 3.63) is 42.1 Å². The normalized spacial score (nSPS) is 15.0. The number of benzene rings is 1. The Bertz CT molecular complexity index is 888. The first-order chi connectivity index (χ1) is 15.3. The number of carbonyl (C=O) groups is 1. The third-order valence-corrected chi connectivity index (χ3v) is 6.08. The van der Waals surface area contributed by atoms with Gasteiger partial charge in [-0.1, -0.05) is 0 Å². The van der Waals surface area contributed by atoms with E-state index in [1.807, 2.05) is 51.4 Å². The van der Waals surface area contributed by atoms with Gasteiger partial charge in [0.05, 0.1) is 18.9 Å². The van der Waals surface area contributed by atoms with Crippen LogP contribution < -0.4 is 4.74 Å². The zero-order chi connectivity index (χ0) is 23.1. The fourth-order valence-electron chi connectivity index (χ4n) is 3.64. The van der Waals surface area contributed by atoms with Crippen LogP contribution >= 0.6 is 11.8 Å². The van der Waals surface area contributed by atoms with Gasteiger partial charge >= 0.3 is 6.09 Å². The minimum Gasteiger partial charge on any atom is -0.493 e. The van der Waals surface area contributed by atoms with E-state index in [4.69, 9.17) is 14.2 Å². The summed E-state index contributed by atoms with van der Waals surface area (Å²) in [6.45, 7) is 8.17. The van der Waals surface area contributed by atoms with E-state index in [1.165, 1.54) is 0 Å². The van der Waals surface area contributed by atoms with Crippen LogP contribution in [0.4, 0.5) is 4.79 Å². The summed E-state index contributed by atoms with van der Waals surface area (Å²) in [5.41, 5.74) is 2.52. The van der Waals surface area contributed by atoms with E-state index in [0.717, 1.165) is 40.3 Å². The van der Waals surface area contributed by atoms with Crippen molar-refractivity contribution in [3.8, 4) is 17.0 Å². The minimum absolute atomic E-state index is 0.228. The second-order valence-corrected chi connectivity index (χ2v) is 9.94. The molecule has 1 fully saturated rings. The lowest BCUT2D eigenvalue weighted by Crippen LogP contribution is -2.42. The number of hydrogen-bond donors (Lipinski definition) is 0. The highest BCUT2D eigenvalue weighted by Gasteiger charge is 2.27. The number of piperidine rings is 1. The molecular weight excluding hydrogens is 424 g/mol. The molecule has 0 bridgehead atoms. The third kappa shape index (κ3) is 6.87. The Kier molecular flexibility index (Phi) is 8.43. The second kappa shape index (κ2) is 11.1. The first-order valence-corrected chi connectivity index (χ1v) is 12.2. The van der Waals surface area contributed by atoms with E-state index in [2.05, 4.69) is 17.1 Å². The number of hydrogen-bond acceptors (Lipinski definition) is 6. The zero-order valence-electron chi connectivity index (χ0n) is 19.7. The quantitative estimate of drug-likeness (QED) is 0.500. The molecule has 32 heavy (non-hydrogen) atoms. The Balaban J connectivity index is 1.58. The Morgan fingerprint density at radius 1 is 1.19 bits per heavy atom. The van der Waals surface area contributed by atoms with Gasteiger partial charge in [-0.2, -0.15) is 0 Å². The SMILES string of the molecule is COCc1cc(-c2ccc(SC)cn2)ccc1OCC1CCN(C(=O)OC(C)(C)C)CC1. The standard InChI is InChI=1S/C25H34N2O4S/c1-25(2,3)31-24(28)27-12-10-18(11-13-27)16-30-23-9-6-19(14-20(23)17-29-4)22-8-7-21(32-5)15-26-22/h6-9,14-15,18H,10-13,16-17H2,1-5H3. The van der Waals surface area contributed by atoms with E-state index in [0.29, 0.717) is 32.2 Å². The van der Waals surface area contributed by atoms with Crippen molar-refractivity contribution in [1.29, 1.82) is 0 Å². The van der Waals surface area contributed by atoms with Gasteiger partial charge < -0.3 is 19.1 Å². The fraction of sp³-hybridized carbons (Fsp3) is 0.520. The van der Waals surface area contributed by atoms with Gasteiger partial charge in [0.25, 0.3) is 0 Å². The zero-order valence-corrected chi connectivity index (χ0v) is 20.5. The lowest BCUT2D eigenvalue weighted by atomic mass is 9.98. The molecule has 7 heteroatoms. The lowest BCUT2D eigenvalue weighted by molar-refractivity contribution is 0.0164. The van der Waals surface area contributed by atoms with Gasteiger partial charge in [0.15, 0.2) is 0 Å². The molecular formula is C25H34N2O4S. The number of carbonyl (C=O) groups excluding carboxylic acids is 1. The van der Waals surface area contributed by atoms with Gasteiger partial charge in [-0.15, -0.1) is 11.8 Å². The Morgan fingerprint density at radius 2 is 1.94 bits per heavy atom. The van der Waals surface area contributed by atoms with Gasteiger partial charge in [-0.3, -0.25) is 4.98 Å². The summed E-state index contributed by atoms with van der Waals surface area (Å²) in [5, 5.41) is 0. The number of ether oxygens (including phenoxy) is 3. The number of aromatic nitrogens is 1. The van der Waals surface area contributed by atoms with Gasteiger partial charge in [0.1, 0.15) is 11.4 Å². The van der Waals surface area contributed by atoms with Crippen LogP contribution in [0.2, 0.25) is 0 Å². The van der Waals surface area contributed by atoms with Crippen molar-refractivity contribution in [2.24, 2.45) is 5.92 Å². The van der Waals surface area contributed by atoms with E-state index in [1.54, 1.807) is 23.8 Å². The fourth-order valence-corrected chi connectivity index (χ4v) is 4.00. The lowest BCUT2D eigenvalue weighted by Gasteiger charge is -2.33. The monoisotopic (exact) mass is 458 g/mol. The summed E-state index contributed by atoms with van der Waals surface area (Å²) in [7, 11) is 1.69. The predicted octanol–water partition coefficient (Wildman–Crippen LogP) is 5.64. The molecule has 0 unspecified atom stereocenters. The van der Waals surface area contributed by atoms with Crippen molar-refractivity contribution in [2.45, 2.75) is 50.7 Å². The van der Waals surface area contributed by atoms with Crippen molar-refractivity contribution in [1.82, 2.24) is 9.88 Å². The largest absolute Gasteiger partial charge is 0.493 e. The summed E-state index contributed by atoms with van der Waals surface area (Å²) in [6.07, 6.45) is 5.52. The predicted molar refractivity (Wildman–Crippen MR) is 128 cm³/mol. The first-order valence-electron chi connectivity index (χ1n) is 11.0. The number of amides is 1. The summed E-state index contributed by atoms with van der Waals surface area (Å²) in [5.74, 6) is 1.25.